The number of carboxylic acids is 1. The van der Waals surface area contributed by atoms with Crippen LogP contribution in [0.15, 0.2) is 12.5 Å². The maximum absolute atomic E-state index is 12.5. The van der Waals surface area contributed by atoms with Crippen LogP contribution in [0.2, 0.25) is 0 Å². The lowest BCUT2D eigenvalue weighted by atomic mass is 10.1. The van der Waals surface area contributed by atoms with E-state index in [1.807, 2.05) is 0 Å². The SMILES string of the molecule is COCCOCCC(OCCOC)C(=O)NC(Cc1cnc[nH]1)C(=O)O. The first kappa shape index (κ1) is 22.0. The molecule has 0 bridgehead atoms. The molecule has 0 fully saturated rings. The van der Waals surface area contributed by atoms with E-state index in [0.717, 1.165) is 0 Å². The smallest absolute Gasteiger partial charge is 0.326 e. The summed E-state index contributed by atoms with van der Waals surface area (Å²) >= 11 is 0. The number of hydrogen-bond donors (Lipinski definition) is 3. The number of amides is 1. The van der Waals surface area contributed by atoms with E-state index in [4.69, 9.17) is 18.9 Å². The molecule has 0 spiro atoms. The number of ether oxygens (including phenoxy) is 4. The predicted molar refractivity (Wildman–Crippen MR) is 90.8 cm³/mol. The van der Waals surface area contributed by atoms with E-state index in [-0.39, 0.29) is 26.1 Å². The summed E-state index contributed by atoms with van der Waals surface area (Å²) in [5, 5.41) is 11.8. The quantitative estimate of drug-likeness (QED) is 0.354. The molecule has 0 saturated heterocycles. The number of carbonyl (C=O) groups excluding carboxylic acids is 1. The van der Waals surface area contributed by atoms with Crippen LogP contribution in [0.5, 0.6) is 0 Å². The van der Waals surface area contributed by atoms with Gasteiger partial charge in [-0.25, -0.2) is 9.78 Å². The van der Waals surface area contributed by atoms with Gasteiger partial charge in [-0.1, -0.05) is 0 Å². The molecule has 2 unspecified atom stereocenters. The molecule has 0 aromatic carbocycles. The van der Waals surface area contributed by atoms with Crippen LogP contribution in [-0.4, -0.2) is 86.4 Å². The number of H-pyrrole nitrogens is 1. The second kappa shape index (κ2) is 13.2. The van der Waals surface area contributed by atoms with Crippen molar-refractivity contribution < 1.29 is 33.6 Å². The molecule has 1 heterocycles. The number of methoxy groups -OCH3 is 2. The predicted octanol–water partition coefficient (Wildman–Crippen LogP) is -0.394. The van der Waals surface area contributed by atoms with Gasteiger partial charge >= 0.3 is 5.97 Å². The van der Waals surface area contributed by atoms with Crippen LogP contribution in [0.25, 0.3) is 0 Å². The minimum atomic E-state index is -1.14. The summed E-state index contributed by atoms with van der Waals surface area (Å²) in [5.41, 5.74) is 0.609. The fraction of sp³-hybridized carbons (Fsp3) is 0.688. The molecule has 10 heteroatoms. The first-order valence-corrected chi connectivity index (χ1v) is 8.26. The van der Waals surface area contributed by atoms with Gasteiger partial charge in [-0.2, -0.15) is 0 Å². The van der Waals surface area contributed by atoms with Crippen molar-refractivity contribution in [3.8, 4) is 0 Å². The summed E-state index contributed by atoms with van der Waals surface area (Å²) in [7, 11) is 3.09. The van der Waals surface area contributed by atoms with Crippen molar-refractivity contribution in [2.75, 3.05) is 47.3 Å². The number of carbonyl (C=O) groups is 2. The van der Waals surface area contributed by atoms with Gasteiger partial charge in [0.2, 0.25) is 5.91 Å². The maximum atomic E-state index is 12.5. The van der Waals surface area contributed by atoms with Crippen LogP contribution in [0.3, 0.4) is 0 Å². The van der Waals surface area contributed by atoms with Gasteiger partial charge in [-0.3, -0.25) is 4.79 Å². The third kappa shape index (κ3) is 8.90. The first-order valence-electron chi connectivity index (χ1n) is 8.26. The molecule has 0 aliphatic rings. The zero-order valence-corrected chi connectivity index (χ0v) is 15.1. The average molecular weight is 373 g/mol. The van der Waals surface area contributed by atoms with Gasteiger partial charge in [0.05, 0.1) is 32.8 Å². The summed E-state index contributed by atoms with van der Waals surface area (Å²) in [6, 6.07) is -1.09. The van der Waals surface area contributed by atoms with Crippen LogP contribution in [0, 0.1) is 0 Å². The van der Waals surface area contributed by atoms with Gasteiger partial charge in [0, 0.05) is 45.6 Å². The third-order valence-electron chi connectivity index (χ3n) is 3.45. The Morgan fingerprint density at radius 3 is 2.54 bits per heavy atom. The Morgan fingerprint density at radius 1 is 1.19 bits per heavy atom. The van der Waals surface area contributed by atoms with Crippen molar-refractivity contribution in [2.45, 2.75) is 25.0 Å². The molecule has 0 radical (unpaired) electrons. The van der Waals surface area contributed by atoms with E-state index in [2.05, 4.69) is 15.3 Å². The zero-order chi connectivity index (χ0) is 19.2. The van der Waals surface area contributed by atoms with Gasteiger partial charge < -0.3 is 34.4 Å². The van der Waals surface area contributed by atoms with Crippen LogP contribution in [-0.2, 0) is 35.0 Å². The van der Waals surface area contributed by atoms with Crippen LogP contribution >= 0.6 is 0 Å². The highest BCUT2D eigenvalue weighted by Gasteiger charge is 2.26. The van der Waals surface area contributed by atoms with Crippen molar-refractivity contribution in [3.05, 3.63) is 18.2 Å². The van der Waals surface area contributed by atoms with Crippen LogP contribution < -0.4 is 5.32 Å². The molecule has 148 valence electrons. The molecule has 1 aromatic rings. The Bertz CT molecular complexity index is 510. The lowest BCUT2D eigenvalue weighted by Gasteiger charge is -2.20. The second-order valence-electron chi connectivity index (χ2n) is 5.43. The molecular formula is C16H27N3O7. The highest BCUT2D eigenvalue weighted by atomic mass is 16.5. The number of nitrogens with one attached hydrogen (secondary N) is 2. The van der Waals surface area contributed by atoms with E-state index in [0.29, 0.717) is 25.5 Å². The van der Waals surface area contributed by atoms with E-state index in [9.17, 15) is 14.7 Å². The molecular weight excluding hydrogens is 346 g/mol. The normalized spacial score (nSPS) is 13.3. The van der Waals surface area contributed by atoms with Crippen molar-refractivity contribution in [2.24, 2.45) is 0 Å². The summed E-state index contributed by atoms with van der Waals surface area (Å²) in [6.07, 6.45) is 2.50. The number of imidazole rings is 1. The Kier molecular flexibility index (Phi) is 11.2. The van der Waals surface area contributed by atoms with E-state index in [1.165, 1.54) is 19.6 Å². The van der Waals surface area contributed by atoms with Crippen molar-refractivity contribution in [1.82, 2.24) is 15.3 Å². The van der Waals surface area contributed by atoms with Crippen LogP contribution in [0.1, 0.15) is 12.1 Å². The number of aromatic amines is 1. The number of aromatic nitrogens is 2. The molecule has 1 amide bonds. The topological polar surface area (TPSA) is 132 Å². The van der Waals surface area contributed by atoms with Gasteiger partial charge in [-0.15, -0.1) is 0 Å². The van der Waals surface area contributed by atoms with E-state index in [1.54, 1.807) is 7.11 Å². The van der Waals surface area contributed by atoms with Crippen LogP contribution in [0.4, 0.5) is 0 Å². The number of hydrogen-bond acceptors (Lipinski definition) is 7. The fourth-order valence-corrected chi connectivity index (χ4v) is 2.08. The van der Waals surface area contributed by atoms with E-state index < -0.39 is 24.0 Å². The van der Waals surface area contributed by atoms with Gasteiger partial charge in [-0.05, 0) is 0 Å². The van der Waals surface area contributed by atoms with Crippen molar-refractivity contribution in [1.29, 1.82) is 0 Å². The lowest BCUT2D eigenvalue weighted by Crippen LogP contribution is -2.47. The van der Waals surface area contributed by atoms with Gasteiger partial charge in [0.1, 0.15) is 12.1 Å². The average Bonchev–Trinajstić information content (AvgIpc) is 3.12. The molecule has 2 atom stereocenters. The number of aliphatic carboxylic acids is 1. The Hall–Kier alpha value is -2.01. The van der Waals surface area contributed by atoms with Crippen molar-refractivity contribution >= 4 is 11.9 Å². The standard InChI is InChI=1S/C16H27N3O7/c1-23-5-7-25-4-3-14(26-8-6-24-2)15(20)19-13(16(21)22)9-12-10-17-11-18-12/h10-11,13-14H,3-9H2,1-2H3,(H,17,18)(H,19,20)(H,21,22). The van der Waals surface area contributed by atoms with Crippen molar-refractivity contribution in [3.63, 3.8) is 0 Å². The minimum absolute atomic E-state index is 0.0935. The molecule has 1 rings (SSSR count). The monoisotopic (exact) mass is 373 g/mol. The lowest BCUT2D eigenvalue weighted by molar-refractivity contribution is -0.145. The summed E-state index contributed by atoms with van der Waals surface area (Å²) in [5.74, 6) is -1.65. The highest BCUT2D eigenvalue weighted by Crippen LogP contribution is 2.04. The first-order chi connectivity index (χ1) is 12.6. The molecule has 10 nitrogen and oxygen atoms in total. The van der Waals surface area contributed by atoms with Gasteiger partial charge in [0.15, 0.2) is 0 Å². The molecule has 0 aliphatic carbocycles. The summed E-state index contributed by atoms with van der Waals surface area (Å²) < 4.78 is 20.6. The zero-order valence-electron chi connectivity index (χ0n) is 15.1. The number of carboxylic acid groups (broad SMARTS) is 1. The molecule has 0 aliphatic heterocycles. The minimum Gasteiger partial charge on any atom is -0.480 e. The third-order valence-corrected chi connectivity index (χ3v) is 3.45. The largest absolute Gasteiger partial charge is 0.480 e. The summed E-state index contributed by atoms with van der Waals surface area (Å²) in [6.45, 7) is 1.68. The number of rotatable bonds is 15. The Labute approximate surface area is 152 Å². The maximum Gasteiger partial charge on any atom is 0.326 e. The molecule has 0 saturated carbocycles. The summed E-state index contributed by atoms with van der Waals surface area (Å²) in [4.78, 5) is 30.5. The van der Waals surface area contributed by atoms with Gasteiger partial charge in [0.25, 0.3) is 0 Å². The number of nitrogens with zero attached hydrogens (tertiary/aromatic N) is 1. The Balaban J connectivity index is 2.57. The Morgan fingerprint density at radius 2 is 1.92 bits per heavy atom. The molecule has 3 N–H and O–H groups in total. The highest BCUT2D eigenvalue weighted by molar-refractivity contribution is 5.86. The second-order valence-corrected chi connectivity index (χ2v) is 5.43. The van der Waals surface area contributed by atoms with E-state index >= 15 is 0 Å². The molecule has 26 heavy (non-hydrogen) atoms. The molecule has 1 aromatic heterocycles. The fourth-order valence-electron chi connectivity index (χ4n) is 2.08.